The molecule has 0 aliphatic heterocycles. The third-order valence-electron chi connectivity index (χ3n) is 12.9. The normalized spacial score (nSPS) is 13.7. The fourth-order valence-corrected chi connectivity index (χ4v) is 8.45. The molecule has 4 nitrogen and oxygen atoms in total. The van der Waals surface area contributed by atoms with E-state index in [0.29, 0.717) is 6.42 Å². The summed E-state index contributed by atoms with van der Waals surface area (Å²) in [5.74, 6) is -0.0759. The molecule has 2 atom stereocenters. The molecule has 0 heterocycles. The Hall–Kier alpha value is -3.21. The average Bonchev–Trinajstić information content (AvgIpc) is 3.36. The lowest BCUT2D eigenvalue weighted by atomic mass is 10.0. The molecular formula is C66H113NO3. The Morgan fingerprint density at radius 1 is 0.357 bits per heavy atom. The highest BCUT2D eigenvalue weighted by Gasteiger charge is 2.18. The van der Waals surface area contributed by atoms with Gasteiger partial charge < -0.3 is 15.5 Å². The lowest BCUT2D eigenvalue weighted by Crippen LogP contribution is -2.45. The van der Waals surface area contributed by atoms with Gasteiger partial charge in [0.1, 0.15) is 0 Å². The summed E-state index contributed by atoms with van der Waals surface area (Å²) in [6.45, 7) is 4.18. The number of carbonyl (C=O) groups excluding carboxylic acids is 1. The maximum Gasteiger partial charge on any atom is 0.220 e. The predicted molar refractivity (Wildman–Crippen MR) is 312 cm³/mol. The summed E-state index contributed by atoms with van der Waals surface area (Å²) < 4.78 is 0. The number of amides is 1. The molecule has 0 aliphatic rings. The number of rotatable bonds is 53. The van der Waals surface area contributed by atoms with Crippen LogP contribution >= 0.6 is 0 Å². The molecule has 0 spiro atoms. The molecule has 400 valence electrons. The van der Waals surface area contributed by atoms with Crippen molar-refractivity contribution < 1.29 is 15.0 Å². The van der Waals surface area contributed by atoms with Gasteiger partial charge in [-0.25, -0.2) is 0 Å². The summed E-state index contributed by atoms with van der Waals surface area (Å²) in [6, 6.07) is -0.645. The Bertz CT molecular complexity index is 1380. The largest absolute Gasteiger partial charge is 0.394 e. The zero-order valence-electron chi connectivity index (χ0n) is 46.0. The Labute approximate surface area is 435 Å². The number of aliphatic hydroxyl groups is 2. The van der Waals surface area contributed by atoms with Crippen molar-refractivity contribution >= 4 is 5.91 Å². The van der Waals surface area contributed by atoms with Crippen LogP contribution in [0.2, 0.25) is 0 Å². The van der Waals surface area contributed by atoms with Crippen LogP contribution in [0.3, 0.4) is 0 Å². The molecule has 0 aromatic heterocycles. The van der Waals surface area contributed by atoms with Crippen molar-refractivity contribution in [2.45, 2.75) is 283 Å². The van der Waals surface area contributed by atoms with E-state index in [1.165, 1.54) is 167 Å². The standard InChI is InChI=1S/C66H113NO3/c1-3-5-7-9-11-13-15-17-19-21-22-23-24-25-26-27-28-29-30-31-32-33-34-35-36-37-38-39-40-41-42-43-44-46-48-50-52-54-56-58-60-62-66(70)67-64(63-68)65(69)61-59-57-55-53-51-49-47-45-20-18-16-14-12-10-8-6-4-2/h5,7,11,13,17,19,22-23,25-26,28-29,31-32,34-35,51,53,59,61,64-65,68-69H,3-4,6,8-10,12,14-16,18,20-21,24,27,30,33,36-50,52,54-58,60,62-63H2,1-2H3,(H,67,70)/b7-5-,13-11-,19-17-,23-22-,26-25-,29-28-,32-31-,35-34-,53-51+,61-59+. The molecule has 0 rings (SSSR count). The SMILES string of the molecule is CC/C=C\C/C=C\C/C=C\C/C=C\C/C=C\C/C=C\C/C=C\C/C=C\CCCCCCCCCCCCCCCCCCC(=O)NC(CO)C(O)/C=C/CC/C=C/CCCCCCCCCCCCC. The quantitative estimate of drug-likeness (QED) is 0.0420. The number of aliphatic hydroxyl groups excluding tert-OH is 2. The average molecular weight is 969 g/mol. The molecule has 0 aromatic carbocycles. The lowest BCUT2D eigenvalue weighted by Gasteiger charge is -2.19. The van der Waals surface area contributed by atoms with Gasteiger partial charge in [-0.15, -0.1) is 0 Å². The van der Waals surface area contributed by atoms with Crippen LogP contribution in [0.4, 0.5) is 0 Å². The molecule has 1 amide bonds. The van der Waals surface area contributed by atoms with Crippen LogP contribution in [0, 0.1) is 0 Å². The molecule has 0 aliphatic carbocycles. The predicted octanol–water partition coefficient (Wildman–Crippen LogP) is 20.0. The van der Waals surface area contributed by atoms with E-state index in [9.17, 15) is 15.0 Å². The molecule has 3 N–H and O–H groups in total. The highest BCUT2D eigenvalue weighted by molar-refractivity contribution is 5.76. The van der Waals surface area contributed by atoms with Gasteiger partial charge in [-0.2, -0.15) is 0 Å². The molecule has 4 heteroatoms. The molecule has 0 saturated heterocycles. The van der Waals surface area contributed by atoms with E-state index in [1.807, 2.05) is 6.08 Å². The van der Waals surface area contributed by atoms with Crippen LogP contribution in [0.15, 0.2) is 122 Å². The van der Waals surface area contributed by atoms with Crippen LogP contribution in [0.25, 0.3) is 0 Å². The van der Waals surface area contributed by atoms with Crippen molar-refractivity contribution in [1.29, 1.82) is 0 Å². The topological polar surface area (TPSA) is 69.6 Å². The number of allylic oxidation sites excluding steroid dienone is 19. The summed E-state index contributed by atoms with van der Waals surface area (Å²) in [5.41, 5.74) is 0. The first kappa shape index (κ1) is 66.8. The third-order valence-corrected chi connectivity index (χ3v) is 12.9. The lowest BCUT2D eigenvalue weighted by molar-refractivity contribution is -0.123. The van der Waals surface area contributed by atoms with Gasteiger partial charge in [0.25, 0.3) is 0 Å². The smallest absolute Gasteiger partial charge is 0.220 e. The monoisotopic (exact) mass is 968 g/mol. The van der Waals surface area contributed by atoms with Gasteiger partial charge in [0.2, 0.25) is 5.91 Å². The number of hydrogen-bond acceptors (Lipinski definition) is 3. The fraction of sp³-hybridized carbons (Fsp3) is 0.682. The molecular weight excluding hydrogens is 855 g/mol. The van der Waals surface area contributed by atoms with E-state index in [2.05, 4.69) is 129 Å². The minimum atomic E-state index is -0.867. The number of carbonyl (C=O) groups is 1. The van der Waals surface area contributed by atoms with E-state index in [-0.39, 0.29) is 12.5 Å². The van der Waals surface area contributed by atoms with Gasteiger partial charge in [0.05, 0.1) is 18.8 Å². The van der Waals surface area contributed by atoms with E-state index >= 15 is 0 Å². The van der Waals surface area contributed by atoms with Gasteiger partial charge in [-0.1, -0.05) is 289 Å². The van der Waals surface area contributed by atoms with E-state index in [4.69, 9.17) is 0 Å². The molecule has 70 heavy (non-hydrogen) atoms. The second-order valence-electron chi connectivity index (χ2n) is 19.7. The molecule has 0 aromatic rings. The summed E-state index contributed by atoms with van der Waals surface area (Å²) in [4.78, 5) is 12.5. The number of nitrogens with one attached hydrogen (secondary N) is 1. The third kappa shape index (κ3) is 55.7. The zero-order chi connectivity index (χ0) is 50.6. The highest BCUT2D eigenvalue weighted by Crippen LogP contribution is 2.16. The highest BCUT2D eigenvalue weighted by atomic mass is 16.3. The number of unbranched alkanes of at least 4 members (excludes halogenated alkanes) is 28. The van der Waals surface area contributed by atoms with Gasteiger partial charge in [-0.3, -0.25) is 4.79 Å². The van der Waals surface area contributed by atoms with Crippen molar-refractivity contribution in [3.05, 3.63) is 122 Å². The second kappa shape index (κ2) is 60.1. The summed E-state index contributed by atoms with van der Waals surface area (Å²) >= 11 is 0. The van der Waals surface area contributed by atoms with Crippen LogP contribution in [0.1, 0.15) is 271 Å². The Morgan fingerprint density at radius 2 is 0.643 bits per heavy atom. The fourth-order valence-electron chi connectivity index (χ4n) is 8.45. The van der Waals surface area contributed by atoms with Crippen molar-refractivity contribution in [1.82, 2.24) is 5.32 Å². The molecule has 2 unspecified atom stereocenters. The summed E-state index contributed by atoms with van der Waals surface area (Å²) in [5, 5.41) is 23.1. The summed E-state index contributed by atoms with van der Waals surface area (Å²) in [7, 11) is 0. The van der Waals surface area contributed by atoms with Crippen molar-refractivity contribution in [2.24, 2.45) is 0 Å². The molecule has 0 saturated carbocycles. The van der Waals surface area contributed by atoms with E-state index < -0.39 is 12.1 Å². The van der Waals surface area contributed by atoms with E-state index in [0.717, 1.165) is 83.5 Å². The minimum Gasteiger partial charge on any atom is -0.394 e. The Balaban J connectivity index is 3.54. The van der Waals surface area contributed by atoms with E-state index in [1.54, 1.807) is 6.08 Å². The van der Waals surface area contributed by atoms with Crippen molar-refractivity contribution in [2.75, 3.05) is 6.61 Å². The van der Waals surface area contributed by atoms with Gasteiger partial charge in [0.15, 0.2) is 0 Å². The second-order valence-corrected chi connectivity index (χ2v) is 19.7. The first-order valence-electron chi connectivity index (χ1n) is 29.7. The Morgan fingerprint density at radius 3 is 1.00 bits per heavy atom. The maximum atomic E-state index is 12.5. The van der Waals surface area contributed by atoms with Gasteiger partial charge in [-0.05, 0) is 96.3 Å². The van der Waals surface area contributed by atoms with Crippen LogP contribution in [-0.2, 0) is 4.79 Å². The Kier molecular flexibility index (Phi) is 57.3. The van der Waals surface area contributed by atoms with Gasteiger partial charge >= 0.3 is 0 Å². The molecule has 0 fully saturated rings. The molecule has 0 radical (unpaired) electrons. The van der Waals surface area contributed by atoms with Crippen LogP contribution in [-0.4, -0.2) is 34.9 Å². The summed E-state index contributed by atoms with van der Waals surface area (Å²) in [6.07, 6.45) is 92.3. The van der Waals surface area contributed by atoms with Crippen LogP contribution in [0.5, 0.6) is 0 Å². The maximum absolute atomic E-state index is 12.5. The molecule has 0 bridgehead atoms. The van der Waals surface area contributed by atoms with Crippen molar-refractivity contribution in [3.8, 4) is 0 Å². The number of hydrogen-bond donors (Lipinski definition) is 3. The first-order valence-corrected chi connectivity index (χ1v) is 29.7. The zero-order valence-corrected chi connectivity index (χ0v) is 46.0. The first-order chi connectivity index (χ1) is 34.7. The van der Waals surface area contributed by atoms with Crippen LogP contribution < -0.4 is 5.32 Å². The minimum absolute atomic E-state index is 0.0759. The van der Waals surface area contributed by atoms with Gasteiger partial charge in [0, 0.05) is 6.42 Å². The van der Waals surface area contributed by atoms with Crippen molar-refractivity contribution in [3.63, 3.8) is 0 Å².